The van der Waals surface area contributed by atoms with Gasteiger partial charge in [-0.25, -0.2) is 0 Å². The molecule has 0 spiro atoms. The van der Waals surface area contributed by atoms with Crippen LogP contribution in [0.1, 0.15) is 43.3 Å². The third-order valence-electron chi connectivity index (χ3n) is 5.69. The van der Waals surface area contributed by atoms with E-state index in [0.29, 0.717) is 41.8 Å². The number of nitrogens with zero attached hydrogens (tertiary/aromatic N) is 1. The van der Waals surface area contributed by atoms with Crippen molar-refractivity contribution in [3.05, 3.63) is 58.3 Å². The fourth-order valence-electron chi connectivity index (χ4n) is 3.80. The molecule has 2 amide bonds. The quantitative estimate of drug-likeness (QED) is 0.542. The highest BCUT2D eigenvalue weighted by molar-refractivity contribution is 6.00. The molecule has 2 N–H and O–H groups in total. The van der Waals surface area contributed by atoms with E-state index in [0.717, 1.165) is 5.76 Å². The maximum absolute atomic E-state index is 13.1. The summed E-state index contributed by atoms with van der Waals surface area (Å²) in [6, 6.07) is 6.13. The lowest BCUT2D eigenvalue weighted by Gasteiger charge is -2.19. The van der Waals surface area contributed by atoms with Crippen LogP contribution in [0.5, 0.6) is 11.5 Å². The summed E-state index contributed by atoms with van der Waals surface area (Å²) < 4.78 is 17.9. The number of carbonyl (C=O) groups excluding carboxylic acids is 2. The number of aryl methyl sites for hydroxylation is 2. The monoisotopic (exact) mass is 453 g/mol. The first-order valence-electron chi connectivity index (χ1n) is 11.0. The fourth-order valence-corrected chi connectivity index (χ4v) is 3.80. The van der Waals surface area contributed by atoms with Crippen LogP contribution >= 0.6 is 0 Å². The Morgan fingerprint density at radius 1 is 1.15 bits per heavy atom. The van der Waals surface area contributed by atoms with Gasteiger partial charge in [-0.15, -0.1) is 0 Å². The van der Waals surface area contributed by atoms with Gasteiger partial charge in [0.15, 0.2) is 11.5 Å². The van der Waals surface area contributed by atoms with Crippen molar-refractivity contribution in [2.45, 2.75) is 52.2 Å². The molecule has 4 rings (SSSR count). The van der Waals surface area contributed by atoms with Crippen LogP contribution in [0.2, 0.25) is 0 Å². The number of rotatable bonds is 8. The average Bonchev–Trinajstić information content (AvgIpc) is 3.48. The lowest BCUT2D eigenvalue weighted by Crippen LogP contribution is -2.48. The Bertz CT molecular complexity index is 1230. The summed E-state index contributed by atoms with van der Waals surface area (Å²) in [6.07, 6.45) is 4.52. The Balaban J connectivity index is 1.46. The number of pyridine rings is 1. The highest BCUT2D eigenvalue weighted by Crippen LogP contribution is 2.35. The molecule has 0 aliphatic carbocycles. The van der Waals surface area contributed by atoms with Gasteiger partial charge in [0.2, 0.25) is 18.1 Å². The molecule has 1 aromatic carbocycles. The highest BCUT2D eigenvalue weighted by atomic mass is 16.7. The maximum atomic E-state index is 13.1. The van der Waals surface area contributed by atoms with E-state index in [1.165, 1.54) is 6.20 Å². The van der Waals surface area contributed by atoms with Gasteiger partial charge in [-0.05, 0) is 45.4 Å². The van der Waals surface area contributed by atoms with Crippen LogP contribution in [0.25, 0.3) is 10.9 Å². The van der Waals surface area contributed by atoms with Crippen molar-refractivity contribution in [1.29, 1.82) is 0 Å². The number of nitrogens with one attached hydrogen (secondary N) is 2. The summed E-state index contributed by atoms with van der Waals surface area (Å²) >= 11 is 0. The zero-order chi connectivity index (χ0) is 23.5. The van der Waals surface area contributed by atoms with Crippen LogP contribution in [0, 0.1) is 0 Å². The third-order valence-corrected chi connectivity index (χ3v) is 5.69. The Morgan fingerprint density at radius 2 is 1.91 bits per heavy atom. The number of aromatic nitrogens is 1. The van der Waals surface area contributed by atoms with E-state index in [4.69, 9.17) is 13.9 Å². The molecule has 3 heterocycles. The van der Waals surface area contributed by atoms with Crippen molar-refractivity contribution < 1.29 is 23.5 Å². The van der Waals surface area contributed by atoms with Crippen molar-refractivity contribution in [2.75, 3.05) is 6.79 Å². The molecule has 0 radical (unpaired) electrons. The summed E-state index contributed by atoms with van der Waals surface area (Å²) in [5.74, 6) is 0.954. The van der Waals surface area contributed by atoms with Crippen molar-refractivity contribution in [1.82, 2.24) is 15.2 Å². The van der Waals surface area contributed by atoms with Crippen LogP contribution in [0.3, 0.4) is 0 Å². The van der Waals surface area contributed by atoms with Crippen LogP contribution in [-0.2, 0) is 17.8 Å². The number of amides is 2. The number of furan rings is 1. The van der Waals surface area contributed by atoms with Crippen LogP contribution in [-0.4, -0.2) is 35.3 Å². The second-order valence-electron chi connectivity index (χ2n) is 8.10. The topological polar surface area (TPSA) is 112 Å². The van der Waals surface area contributed by atoms with E-state index in [9.17, 15) is 14.4 Å². The first-order chi connectivity index (χ1) is 15.9. The summed E-state index contributed by atoms with van der Waals surface area (Å²) in [4.78, 5) is 38.6. The molecular formula is C24H27N3O6. The van der Waals surface area contributed by atoms with Crippen LogP contribution in [0.4, 0.5) is 0 Å². The number of benzene rings is 1. The number of fused-ring (bicyclic) bond motifs is 2. The maximum Gasteiger partial charge on any atom is 0.257 e. The Labute approximate surface area is 190 Å². The molecule has 1 aliphatic heterocycles. The van der Waals surface area contributed by atoms with E-state index < -0.39 is 17.4 Å². The molecule has 9 nitrogen and oxygen atoms in total. The molecule has 2 atom stereocenters. The molecule has 0 saturated heterocycles. The van der Waals surface area contributed by atoms with E-state index in [1.807, 2.05) is 26.0 Å². The number of carbonyl (C=O) groups is 2. The predicted octanol–water partition coefficient (Wildman–Crippen LogP) is 2.60. The fraction of sp³-hybridized carbons (Fsp3) is 0.375. The van der Waals surface area contributed by atoms with E-state index in [2.05, 4.69) is 10.6 Å². The van der Waals surface area contributed by atoms with Gasteiger partial charge in [0.05, 0.1) is 17.2 Å². The molecule has 0 saturated carbocycles. The molecule has 9 heteroatoms. The highest BCUT2D eigenvalue weighted by Gasteiger charge is 2.23. The SMILES string of the molecule is CCn1cc(C(=O)NC(C)C(=O)NC(C)CCc2ccco2)c(=O)c2cc3c(cc21)OCO3. The van der Waals surface area contributed by atoms with Crippen LogP contribution in [0.15, 0.2) is 45.9 Å². The Hall–Kier alpha value is -3.75. The molecule has 3 aromatic rings. The molecule has 1 aliphatic rings. The van der Waals surface area contributed by atoms with Crippen molar-refractivity contribution >= 4 is 22.7 Å². The Morgan fingerprint density at radius 3 is 2.61 bits per heavy atom. The van der Waals surface area contributed by atoms with Gasteiger partial charge >= 0.3 is 0 Å². The second-order valence-corrected chi connectivity index (χ2v) is 8.10. The minimum absolute atomic E-state index is 0.0336. The Kier molecular flexibility index (Phi) is 6.39. The first kappa shape index (κ1) is 22.4. The number of ether oxygens (including phenoxy) is 2. The van der Waals surface area contributed by atoms with Gasteiger partial charge in [-0.1, -0.05) is 0 Å². The molecule has 2 unspecified atom stereocenters. The largest absolute Gasteiger partial charge is 0.469 e. The van der Waals surface area contributed by atoms with Gasteiger partial charge in [0, 0.05) is 31.3 Å². The lowest BCUT2D eigenvalue weighted by atomic mass is 10.1. The molecule has 33 heavy (non-hydrogen) atoms. The normalized spacial score (nSPS) is 14.2. The van der Waals surface area contributed by atoms with Crippen molar-refractivity contribution in [3.63, 3.8) is 0 Å². The molecule has 0 fully saturated rings. The van der Waals surface area contributed by atoms with E-state index >= 15 is 0 Å². The minimum atomic E-state index is -0.814. The molecule has 0 bridgehead atoms. The summed E-state index contributed by atoms with van der Waals surface area (Å²) in [5, 5.41) is 5.88. The van der Waals surface area contributed by atoms with Crippen LogP contribution < -0.4 is 25.5 Å². The molecule has 174 valence electrons. The van der Waals surface area contributed by atoms with Crippen molar-refractivity contribution in [2.24, 2.45) is 0 Å². The molecule has 2 aromatic heterocycles. The van der Waals surface area contributed by atoms with Gasteiger partial charge in [-0.3, -0.25) is 14.4 Å². The zero-order valence-electron chi connectivity index (χ0n) is 18.8. The number of hydrogen-bond acceptors (Lipinski definition) is 6. The predicted molar refractivity (Wildman–Crippen MR) is 122 cm³/mol. The lowest BCUT2D eigenvalue weighted by molar-refractivity contribution is -0.123. The van der Waals surface area contributed by atoms with Gasteiger partial charge in [0.25, 0.3) is 5.91 Å². The van der Waals surface area contributed by atoms with E-state index in [1.54, 1.807) is 29.9 Å². The van der Waals surface area contributed by atoms with Gasteiger partial charge in [0.1, 0.15) is 17.4 Å². The third kappa shape index (κ3) is 4.72. The average molecular weight is 453 g/mol. The minimum Gasteiger partial charge on any atom is -0.469 e. The smallest absolute Gasteiger partial charge is 0.257 e. The first-order valence-corrected chi connectivity index (χ1v) is 11.0. The standard InChI is InChI=1S/C24H27N3O6/c1-4-27-12-18(22(28)17-10-20-21(11-19(17)27)33-13-32-20)24(30)26-15(3)23(29)25-14(2)7-8-16-6-5-9-31-16/h5-6,9-12,14-15H,4,7-8,13H2,1-3H3,(H,25,29)(H,26,30). The summed E-state index contributed by atoms with van der Waals surface area (Å²) in [6.45, 7) is 6.02. The summed E-state index contributed by atoms with van der Waals surface area (Å²) in [5.41, 5.74) is 0.193. The zero-order valence-corrected chi connectivity index (χ0v) is 18.8. The molecular weight excluding hydrogens is 426 g/mol. The summed E-state index contributed by atoms with van der Waals surface area (Å²) in [7, 11) is 0. The van der Waals surface area contributed by atoms with Gasteiger partial charge < -0.3 is 29.1 Å². The van der Waals surface area contributed by atoms with E-state index in [-0.39, 0.29) is 24.3 Å². The second kappa shape index (κ2) is 9.40. The van der Waals surface area contributed by atoms with Gasteiger partial charge in [-0.2, -0.15) is 0 Å². The van der Waals surface area contributed by atoms with Crippen molar-refractivity contribution in [3.8, 4) is 11.5 Å². The number of hydrogen-bond donors (Lipinski definition) is 2.